The van der Waals surface area contributed by atoms with Crippen LogP contribution < -0.4 is 14.8 Å². The molecule has 132 valence electrons. The molecular weight excluding hydrogens is 324 g/mol. The molecule has 1 N–H and O–H groups in total. The van der Waals surface area contributed by atoms with Gasteiger partial charge in [-0.1, -0.05) is 12.2 Å². The Labute approximate surface area is 145 Å². The third kappa shape index (κ3) is 3.22. The van der Waals surface area contributed by atoms with E-state index in [0.29, 0.717) is 30.0 Å². The van der Waals surface area contributed by atoms with E-state index in [2.05, 4.69) is 5.32 Å². The van der Waals surface area contributed by atoms with Crippen molar-refractivity contribution in [2.75, 3.05) is 26.1 Å². The summed E-state index contributed by atoms with van der Waals surface area (Å²) in [4.78, 5) is 38.2. The number of hydrogen-bond donors (Lipinski definition) is 1. The molecule has 0 unspecified atom stereocenters. The molecule has 1 aromatic carbocycles. The van der Waals surface area contributed by atoms with Gasteiger partial charge in [0.1, 0.15) is 18.0 Å². The lowest BCUT2D eigenvalue weighted by Crippen LogP contribution is -2.38. The van der Waals surface area contributed by atoms with Crippen molar-refractivity contribution in [3.8, 4) is 11.5 Å². The summed E-state index contributed by atoms with van der Waals surface area (Å²) in [6, 6.07) is 4.99. The molecule has 2 atom stereocenters. The topological polar surface area (TPSA) is 84.9 Å². The van der Waals surface area contributed by atoms with Gasteiger partial charge in [-0.3, -0.25) is 19.3 Å². The van der Waals surface area contributed by atoms with Gasteiger partial charge in [-0.25, -0.2) is 0 Å². The number of imide groups is 1. The number of nitrogens with one attached hydrogen (secondary N) is 1. The number of hydrogen-bond acceptors (Lipinski definition) is 5. The third-order valence-corrected chi connectivity index (χ3v) is 4.58. The number of anilines is 1. The molecular formula is C18H20N2O5. The van der Waals surface area contributed by atoms with Crippen LogP contribution in [0.3, 0.4) is 0 Å². The molecule has 25 heavy (non-hydrogen) atoms. The fraction of sp³-hybridized carbons (Fsp3) is 0.389. The molecule has 7 heteroatoms. The normalized spacial score (nSPS) is 21.9. The first-order valence-electron chi connectivity index (χ1n) is 8.07. The molecule has 0 radical (unpaired) electrons. The first-order chi connectivity index (χ1) is 12.0. The molecule has 3 amide bonds. The molecule has 1 aromatic rings. The SMILES string of the molecule is COc1ccc(OC)c(NC(=O)CN2C(=O)[C@H]3CC=CC[C@@H]3C2=O)c1. The Kier molecular flexibility index (Phi) is 4.74. The number of carbonyl (C=O) groups excluding carboxylic acids is 3. The van der Waals surface area contributed by atoms with E-state index < -0.39 is 5.91 Å². The number of carbonyl (C=O) groups is 3. The summed E-state index contributed by atoms with van der Waals surface area (Å²) in [5.74, 6) is -0.653. The Morgan fingerprint density at radius 2 is 1.76 bits per heavy atom. The minimum Gasteiger partial charge on any atom is -0.497 e. The van der Waals surface area contributed by atoms with Crippen molar-refractivity contribution >= 4 is 23.4 Å². The lowest BCUT2D eigenvalue weighted by atomic mass is 9.85. The second kappa shape index (κ2) is 6.96. The van der Waals surface area contributed by atoms with Crippen molar-refractivity contribution in [3.05, 3.63) is 30.4 Å². The van der Waals surface area contributed by atoms with E-state index in [9.17, 15) is 14.4 Å². The van der Waals surface area contributed by atoms with Crippen LogP contribution >= 0.6 is 0 Å². The van der Waals surface area contributed by atoms with Gasteiger partial charge in [0.15, 0.2) is 0 Å². The standard InChI is InChI=1S/C18H20N2O5/c1-24-11-7-8-15(25-2)14(9-11)19-16(21)10-20-17(22)12-5-3-4-6-13(12)18(20)23/h3-4,7-9,12-13H,5-6,10H2,1-2H3,(H,19,21)/t12-,13-/m0/s1. The van der Waals surface area contributed by atoms with Gasteiger partial charge in [-0.15, -0.1) is 0 Å². The summed E-state index contributed by atoms with van der Waals surface area (Å²) in [7, 11) is 3.01. The Morgan fingerprint density at radius 3 is 2.32 bits per heavy atom. The lowest BCUT2D eigenvalue weighted by molar-refractivity contribution is -0.142. The maximum absolute atomic E-state index is 12.4. The van der Waals surface area contributed by atoms with Crippen LogP contribution in [0.1, 0.15) is 12.8 Å². The third-order valence-electron chi connectivity index (χ3n) is 4.58. The highest BCUT2D eigenvalue weighted by atomic mass is 16.5. The zero-order valence-electron chi connectivity index (χ0n) is 14.2. The smallest absolute Gasteiger partial charge is 0.244 e. The van der Waals surface area contributed by atoms with Gasteiger partial charge in [0.2, 0.25) is 17.7 Å². The van der Waals surface area contributed by atoms with Gasteiger partial charge in [0, 0.05) is 6.07 Å². The van der Waals surface area contributed by atoms with Crippen molar-refractivity contribution < 1.29 is 23.9 Å². The number of rotatable bonds is 5. The molecule has 3 rings (SSSR count). The number of nitrogens with zero attached hydrogens (tertiary/aromatic N) is 1. The van der Waals surface area contributed by atoms with Crippen molar-refractivity contribution in [1.29, 1.82) is 0 Å². The molecule has 7 nitrogen and oxygen atoms in total. The first-order valence-corrected chi connectivity index (χ1v) is 8.07. The van der Waals surface area contributed by atoms with Gasteiger partial charge in [0.05, 0.1) is 31.7 Å². The van der Waals surface area contributed by atoms with E-state index in [1.165, 1.54) is 14.2 Å². The number of amides is 3. The summed E-state index contributed by atoms with van der Waals surface area (Å²) in [5, 5.41) is 2.68. The monoisotopic (exact) mass is 344 g/mol. The second-order valence-electron chi connectivity index (χ2n) is 6.03. The van der Waals surface area contributed by atoms with Crippen LogP contribution in [0.2, 0.25) is 0 Å². The van der Waals surface area contributed by atoms with Gasteiger partial charge in [0.25, 0.3) is 0 Å². The fourth-order valence-electron chi connectivity index (χ4n) is 3.27. The molecule has 0 spiro atoms. The van der Waals surface area contributed by atoms with Crippen molar-refractivity contribution in [1.82, 2.24) is 4.90 Å². The number of fused-ring (bicyclic) bond motifs is 1. The van der Waals surface area contributed by atoms with Crippen LogP contribution in [0, 0.1) is 11.8 Å². The van der Waals surface area contributed by atoms with Crippen LogP contribution in [-0.2, 0) is 14.4 Å². The number of allylic oxidation sites excluding steroid dienone is 2. The molecule has 1 fully saturated rings. The molecule has 1 aliphatic heterocycles. The Balaban J connectivity index is 1.71. The highest BCUT2D eigenvalue weighted by molar-refractivity contribution is 6.09. The Bertz CT molecular complexity index is 717. The van der Waals surface area contributed by atoms with Crippen LogP contribution in [0.4, 0.5) is 5.69 Å². The molecule has 0 bridgehead atoms. The summed E-state index contributed by atoms with van der Waals surface area (Å²) >= 11 is 0. The van der Waals surface area contributed by atoms with E-state index in [4.69, 9.17) is 9.47 Å². The first kappa shape index (κ1) is 17.0. The minimum absolute atomic E-state index is 0.271. The van der Waals surface area contributed by atoms with Crippen molar-refractivity contribution in [2.45, 2.75) is 12.8 Å². The van der Waals surface area contributed by atoms with E-state index in [0.717, 1.165) is 4.90 Å². The molecule has 1 saturated heterocycles. The van der Waals surface area contributed by atoms with Gasteiger partial charge in [-0.05, 0) is 25.0 Å². The molecule has 0 aromatic heterocycles. The maximum atomic E-state index is 12.4. The van der Waals surface area contributed by atoms with Crippen LogP contribution in [-0.4, -0.2) is 43.4 Å². The highest BCUT2D eigenvalue weighted by Crippen LogP contribution is 2.35. The Hall–Kier alpha value is -2.83. The van der Waals surface area contributed by atoms with Gasteiger partial charge >= 0.3 is 0 Å². The van der Waals surface area contributed by atoms with Gasteiger partial charge < -0.3 is 14.8 Å². The second-order valence-corrected chi connectivity index (χ2v) is 6.03. The molecule has 1 aliphatic carbocycles. The molecule has 0 saturated carbocycles. The number of likely N-dealkylation sites (tertiary alicyclic amines) is 1. The van der Waals surface area contributed by atoms with E-state index in [1.54, 1.807) is 18.2 Å². The minimum atomic E-state index is -0.458. The number of methoxy groups -OCH3 is 2. The number of benzene rings is 1. The molecule has 2 aliphatic rings. The largest absolute Gasteiger partial charge is 0.497 e. The average molecular weight is 344 g/mol. The zero-order chi connectivity index (χ0) is 18.0. The molecule has 1 heterocycles. The lowest BCUT2D eigenvalue weighted by Gasteiger charge is -2.16. The summed E-state index contributed by atoms with van der Waals surface area (Å²) in [5.41, 5.74) is 0.421. The maximum Gasteiger partial charge on any atom is 0.244 e. The summed E-state index contributed by atoms with van der Waals surface area (Å²) in [6.07, 6.45) is 4.93. The zero-order valence-corrected chi connectivity index (χ0v) is 14.2. The average Bonchev–Trinajstić information content (AvgIpc) is 2.87. The van der Waals surface area contributed by atoms with Crippen LogP contribution in [0.25, 0.3) is 0 Å². The summed E-state index contributed by atoms with van der Waals surface area (Å²) in [6.45, 7) is -0.301. The van der Waals surface area contributed by atoms with Gasteiger partial charge in [-0.2, -0.15) is 0 Å². The van der Waals surface area contributed by atoms with E-state index in [1.807, 2.05) is 12.2 Å². The predicted octanol–water partition coefficient (Wildman–Crippen LogP) is 1.59. The van der Waals surface area contributed by atoms with E-state index >= 15 is 0 Å². The van der Waals surface area contributed by atoms with Crippen LogP contribution in [0.15, 0.2) is 30.4 Å². The quantitative estimate of drug-likeness (QED) is 0.648. The van der Waals surface area contributed by atoms with Crippen LogP contribution in [0.5, 0.6) is 11.5 Å². The highest BCUT2D eigenvalue weighted by Gasteiger charge is 2.47. The summed E-state index contributed by atoms with van der Waals surface area (Å²) < 4.78 is 10.3. The predicted molar refractivity (Wildman–Crippen MR) is 90.2 cm³/mol. The van der Waals surface area contributed by atoms with Crippen molar-refractivity contribution in [3.63, 3.8) is 0 Å². The fourth-order valence-corrected chi connectivity index (χ4v) is 3.27. The number of ether oxygens (including phenoxy) is 2. The van der Waals surface area contributed by atoms with E-state index in [-0.39, 0.29) is 30.2 Å². The Morgan fingerprint density at radius 1 is 1.12 bits per heavy atom. The van der Waals surface area contributed by atoms with Crippen molar-refractivity contribution in [2.24, 2.45) is 11.8 Å².